The number of nitrogens with one attached hydrogen (secondary N) is 1. The van der Waals surface area contributed by atoms with Gasteiger partial charge >= 0.3 is 5.97 Å². The molecule has 0 aliphatic heterocycles. The van der Waals surface area contributed by atoms with E-state index in [1.54, 1.807) is 25.1 Å². The molecule has 1 aromatic carbocycles. The number of nitrogens with two attached hydrogens (primary N) is 1. The van der Waals surface area contributed by atoms with Gasteiger partial charge in [0.15, 0.2) is 0 Å². The zero-order valence-corrected chi connectivity index (χ0v) is 12.6. The molecule has 0 spiro atoms. The Morgan fingerprint density at radius 1 is 1.33 bits per heavy atom. The average molecular weight is 294 g/mol. The molecule has 0 fully saturated rings. The zero-order chi connectivity index (χ0) is 15.8. The molecular weight excluding hydrogens is 272 g/mol. The van der Waals surface area contributed by atoms with Crippen LogP contribution in [0.25, 0.3) is 0 Å². The van der Waals surface area contributed by atoms with Crippen molar-refractivity contribution >= 4 is 17.6 Å². The van der Waals surface area contributed by atoms with E-state index in [4.69, 9.17) is 15.2 Å². The second-order valence-corrected chi connectivity index (χ2v) is 4.89. The number of carbonyl (C=O) groups is 2. The van der Waals surface area contributed by atoms with Crippen LogP contribution in [-0.4, -0.2) is 31.6 Å². The molecule has 116 valence electrons. The van der Waals surface area contributed by atoms with Crippen LogP contribution < -0.4 is 15.8 Å². The van der Waals surface area contributed by atoms with E-state index in [9.17, 15) is 9.59 Å². The Kier molecular flexibility index (Phi) is 6.68. The molecule has 0 aliphatic carbocycles. The highest BCUT2D eigenvalue weighted by molar-refractivity contribution is 5.95. The topological polar surface area (TPSA) is 90.7 Å². The largest absolute Gasteiger partial charge is 0.491 e. The van der Waals surface area contributed by atoms with Crippen molar-refractivity contribution in [2.75, 3.05) is 25.1 Å². The van der Waals surface area contributed by atoms with E-state index in [2.05, 4.69) is 5.32 Å². The van der Waals surface area contributed by atoms with E-state index >= 15 is 0 Å². The van der Waals surface area contributed by atoms with Crippen LogP contribution in [0.2, 0.25) is 0 Å². The van der Waals surface area contributed by atoms with E-state index in [0.717, 1.165) is 0 Å². The summed E-state index contributed by atoms with van der Waals surface area (Å²) in [6, 6.07) is 4.74. The number of ether oxygens (including phenoxy) is 2. The SMILES string of the molecule is CCOC(=O)c1ccc(NC(=O)CN)c(OCC(C)C)c1. The van der Waals surface area contributed by atoms with Crippen molar-refractivity contribution in [2.24, 2.45) is 11.7 Å². The van der Waals surface area contributed by atoms with Gasteiger partial charge in [-0.25, -0.2) is 4.79 Å². The van der Waals surface area contributed by atoms with Crippen LogP contribution in [0.4, 0.5) is 5.69 Å². The molecule has 3 N–H and O–H groups in total. The quantitative estimate of drug-likeness (QED) is 0.748. The van der Waals surface area contributed by atoms with Gasteiger partial charge in [-0.2, -0.15) is 0 Å². The highest BCUT2D eigenvalue weighted by Gasteiger charge is 2.13. The maximum atomic E-state index is 11.7. The highest BCUT2D eigenvalue weighted by atomic mass is 16.5. The number of carbonyl (C=O) groups excluding carboxylic acids is 2. The summed E-state index contributed by atoms with van der Waals surface area (Å²) in [5.41, 5.74) is 6.14. The molecular formula is C15H22N2O4. The van der Waals surface area contributed by atoms with Gasteiger partial charge in [-0.15, -0.1) is 0 Å². The van der Waals surface area contributed by atoms with Crippen LogP contribution >= 0.6 is 0 Å². The van der Waals surface area contributed by atoms with Crippen LogP contribution in [0.5, 0.6) is 5.75 Å². The molecule has 6 heteroatoms. The maximum absolute atomic E-state index is 11.7. The first-order valence-corrected chi connectivity index (χ1v) is 6.91. The minimum absolute atomic E-state index is 0.122. The van der Waals surface area contributed by atoms with Crippen molar-refractivity contribution in [3.63, 3.8) is 0 Å². The number of esters is 1. The van der Waals surface area contributed by atoms with E-state index in [1.807, 2.05) is 13.8 Å². The Morgan fingerprint density at radius 2 is 2.05 bits per heavy atom. The summed E-state index contributed by atoms with van der Waals surface area (Å²) in [4.78, 5) is 23.1. The van der Waals surface area contributed by atoms with Crippen LogP contribution in [0, 0.1) is 5.92 Å². The number of hydrogen-bond donors (Lipinski definition) is 2. The van der Waals surface area contributed by atoms with Gasteiger partial charge in [0.05, 0.1) is 31.0 Å². The van der Waals surface area contributed by atoms with Crippen LogP contribution in [0.15, 0.2) is 18.2 Å². The van der Waals surface area contributed by atoms with Gasteiger partial charge in [-0.05, 0) is 31.0 Å². The molecule has 0 radical (unpaired) electrons. The monoisotopic (exact) mass is 294 g/mol. The van der Waals surface area contributed by atoms with Crippen molar-refractivity contribution in [3.8, 4) is 5.75 Å². The zero-order valence-electron chi connectivity index (χ0n) is 12.6. The first kappa shape index (κ1) is 17.0. The Balaban J connectivity index is 3.00. The number of amides is 1. The summed E-state index contributed by atoms with van der Waals surface area (Å²) >= 11 is 0. The fourth-order valence-corrected chi connectivity index (χ4v) is 1.54. The summed E-state index contributed by atoms with van der Waals surface area (Å²) in [6.45, 7) is 6.40. The van der Waals surface area contributed by atoms with Gasteiger partial charge in [0.2, 0.25) is 5.91 Å². The normalized spacial score (nSPS) is 10.3. The van der Waals surface area contributed by atoms with Gasteiger partial charge in [0.1, 0.15) is 5.75 Å². The molecule has 0 heterocycles. The number of benzene rings is 1. The Labute approximate surface area is 124 Å². The number of rotatable bonds is 7. The lowest BCUT2D eigenvalue weighted by atomic mass is 10.2. The van der Waals surface area contributed by atoms with Crippen LogP contribution in [-0.2, 0) is 9.53 Å². The lowest BCUT2D eigenvalue weighted by Gasteiger charge is -2.15. The van der Waals surface area contributed by atoms with E-state index in [-0.39, 0.29) is 12.5 Å². The maximum Gasteiger partial charge on any atom is 0.338 e. The van der Waals surface area contributed by atoms with E-state index in [0.29, 0.717) is 36.1 Å². The minimum atomic E-state index is -0.427. The summed E-state index contributed by atoms with van der Waals surface area (Å²) in [7, 11) is 0. The molecule has 0 unspecified atom stereocenters. The van der Waals surface area contributed by atoms with Gasteiger partial charge in [-0.1, -0.05) is 13.8 Å². The first-order valence-electron chi connectivity index (χ1n) is 6.91. The molecule has 6 nitrogen and oxygen atoms in total. The Bertz CT molecular complexity index is 500. The van der Waals surface area contributed by atoms with Crippen molar-refractivity contribution in [2.45, 2.75) is 20.8 Å². The molecule has 0 bridgehead atoms. The van der Waals surface area contributed by atoms with Gasteiger partial charge in [0.25, 0.3) is 0 Å². The molecule has 1 rings (SSSR count). The second-order valence-electron chi connectivity index (χ2n) is 4.89. The van der Waals surface area contributed by atoms with Crippen molar-refractivity contribution < 1.29 is 19.1 Å². The molecule has 1 aromatic rings. The molecule has 0 aromatic heterocycles. The van der Waals surface area contributed by atoms with Crippen molar-refractivity contribution in [1.82, 2.24) is 0 Å². The molecule has 21 heavy (non-hydrogen) atoms. The lowest BCUT2D eigenvalue weighted by molar-refractivity contribution is -0.114. The summed E-state index contributed by atoms with van der Waals surface area (Å²) in [5, 5.41) is 2.64. The van der Waals surface area contributed by atoms with Gasteiger partial charge < -0.3 is 20.5 Å². The number of hydrogen-bond acceptors (Lipinski definition) is 5. The minimum Gasteiger partial charge on any atom is -0.491 e. The standard InChI is InChI=1S/C15H22N2O4/c1-4-20-15(19)11-5-6-12(17-14(18)8-16)13(7-11)21-9-10(2)3/h5-7,10H,4,8-9,16H2,1-3H3,(H,17,18). The third-order valence-electron chi connectivity index (χ3n) is 2.52. The molecule has 0 saturated carbocycles. The average Bonchev–Trinajstić information content (AvgIpc) is 2.46. The predicted molar refractivity (Wildman–Crippen MR) is 80.4 cm³/mol. The molecule has 0 saturated heterocycles. The first-order chi connectivity index (χ1) is 9.97. The van der Waals surface area contributed by atoms with E-state index in [1.165, 1.54) is 0 Å². The van der Waals surface area contributed by atoms with Crippen LogP contribution in [0.3, 0.4) is 0 Å². The third-order valence-corrected chi connectivity index (χ3v) is 2.52. The Morgan fingerprint density at radius 3 is 2.62 bits per heavy atom. The third kappa shape index (κ3) is 5.43. The smallest absolute Gasteiger partial charge is 0.338 e. The summed E-state index contributed by atoms with van der Waals surface area (Å²) < 4.78 is 10.6. The van der Waals surface area contributed by atoms with Crippen LogP contribution in [0.1, 0.15) is 31.1 Å². The lowest BCUT2D eigenvalue weighted by Crippen LogP contribution is -2.22. The van der Waals surface area contributed by atoms with Gasteiger partial charge in [-0.3, -0.25) is 4.79 Å². The van der Waals surface area contributed by atoms with E-state index < -0.39 is 5.97 Å². The predicted octanol–water partition coefficient (Wildman–Crippen LogP) is 1.80. The molecule has 1 amide bonds. The highest BCUT2D eigenvalue weighted by Crippen LogP contribution is 2.27. The fraction of sp³-hybridized carbons (Fsp3) is 0.467. The second kappa shape index (κ2) is 8.26. The van der Waals surface area contributed by atoms with Crippen molar-refractivity contribution in [1.29, 1.82) is 0 Å². The molecule has 0 atom stereocenters. The fourth-order valence-electron chi connectivity index (χ4n) is 1.54. The molecule has 0 aliphatic rings. The summed E-state index contributed by atoms with van der Waals surface area (Å²) in [5.74, 6) is -0.0118. The van der Waals surface area contributed by atoms with Crippen molar-refractivity contribution in [3.05, 3.63) is 23.8 Å². The number of anilines is 1. The Hall–Kier alpha value is -2.08. The van der Waals surface area contributed by atoms with Gasteiger partial charge in [0, 0.05) is 0 Å². The summed E-state index contributed by atoms with van der Waals surface area (Å²) in [6.07, 6.45) is 0.